The van der Waals surface area contributed by atoms with Crippen LogP contribution in [-0.2, 0) is 11.3 Å². The highest BCUT2D eigenvalue weighted by molar-refractivity contribution is 7.99. The van der Waals surface area contributed by atoms with Gasteiger partial charge in [0.25, 0.3) is 0 Å². The van der Waals surface area contributed by atoms with Crippen LogP contribution in [0.25, 0.3) is 11.4 Å². The smallest absolute Gasteiger partial charge is 0.230 e. The first-order chi connectivity index (χ1) is 14.7. The topological polar surface area (TPSA) is 74.0 Å². The number of nitrogens with one attached hydrogen (secondary N) is 1. The van der Waals surface area contributed by atoms with E-state index in [1.807, 2.05) is 88.5 Å². The second-order valence-electron chi connectivity index (χ2n) is 6.46. The summed E-state index contributed by atoms with van der Waals surface area (Å²) in [5, 5.41) is 12.3. The second kappa shape index (κ2) is 9.32. The van der Waals surface area contributed by atoms with Crippen molar-refractivity contribution in [2.24, 2.45) is 0 Å². The molecule has 30 heavy (non-hydrogen) atoms. The fourth-order valence-corrected chi connectivity index (χ4v) is 3.71. The van der Waals surface area contributed by atoms with Crippen molar-refractivity contribution in [1.29, 1.82) is 0 Å². The van der Waals surface area contributed by atoms with E-state index in [0.717, 1.165) is 16.9 Å². The lowest BCUT2D eigenvalue weighted by Crippen LogP contribution is -2.24. The summed E-state index contributed by atoms with van der Waals surface area (Å²) in [6.07, 6.45) is 3.82. The van der Waals surface area contributed by atoms with Crippen molar-refractivity contribution in [3.63, 3.8) is 0 Å². The van der Waals surface area contributed by atoms with Gasteiger partial charge in [-0.25, -0.2) is 4.68 Å². The molecule has 0 saturated carbocycles. The van der Waals surface area contributed by atoms with Crippen molar-refractivity contribution in [2.45, 2.75) is 11.7 Å². The minimum absolute atomic E-state index is 0.0613. The number of amides is 1. The highest BCUT2D eigenvalue weighted by atomic mass is 32.2. The Hall–Kier alpha value is -3.52. The van der Waals surface area contributed by atoms with Crippen LogP contribution in [0.2, 0.25) is 0 Å². The number of ether oxygens (including phenoxy) is 1. The average Bonchev–Trinajstić information content (AvgIpc) is 3.46. The second-order valence-corrected chi connectivity index (χ2v) is 7.41. The molecule has 1 amide bonds. The standard InChI is InChI=1S/C22H21N5O2S/c1-29-19-11-7-10-18(14-19)21-24-25-22(27(21)26-12-5-6-13-26)30-16-20(28)23-15-17-8-3-2-4-9-17/h2-14H,15-16H2,1H3,(H,23,28). The zero-order valence-electron chi connectivity index (χ0n) is 16.4. The van der Waals surface area contributed by atoms with Crippen molar-refractivity contribution in [1.82, 2.24) is 24.9 Å². The van der Waals surface area contributed by atoms with Crippen LogP contribution in [0, 0.1) is 0 Å². The van der Waals surface area contributed by atoms with E-state index < -0.39 is 0 Å². The zero-order valence-corrected chi connectivity index (χ0v) is 17.2. The van der Waals surface area contributed by atoms with E-state index >= 15 is 0 Å². The van der Waals surface area contributed by atoms with E-state index in [1.54, 1.807) is 7.11 Å². The lowest BCUT2D eigenvalue weighted by Gasteiger charge is -2.12. The van der Waals surface area contributed by atoms with Gasteiger partial charge in [-0.3, -0.25) is 9.47 Å². The molecule has 0 atom stereocenters. The highest BCUT2D eigenvalue weighted by Gasteiger charge is 2.17. The van der Waals surface area contributed by atoms with Crippen LogP contribution < -0.4 is 10.1 Å². The number of hydrogen-bond acceptors (Lipinski definition) is 5. The fourth-order valence-electron chi connectivity index (χ4n) is 2.94. The van der Waals surface area contributed by atoms with E-state index in [-0.39, 0.29) is 11.7 Å². The third-order valence-corrected chi connectivity index (χ3v) is 5.34. The maximum atomic E-state index is 12.3. The van der Waals surface area contributed by atoms with E-state index in [0.29, 0.717) is 17.5 Å². The summed E-state index contributed by atoms with van der Waals surface area (Å²) in [5.74, 6) is 1.58. The van der Waals surface area contributed by atoms with E-state index in [4.69, 9.17) is 4.74 Å². The van der Waals surface area contributed by atoms with Gasteiger partial charge in [-0.05, 0) is 29.8 Å². The Morgan fingerprint density at radius 1 is 1.03 bits per heavy atom. The Kier molecular flexibility index (Phi) is 6.14. The molecule has 7 nitrogen and oxygen atoms in total. The highest BCUT2D eigenvalue weighted by Crippen LogP contribution is 2.26. The van der Waals surface area contributed by atoms with Crippen LogP contribution in [-0.4, -0.2) is 38.3 Å². The number of hydrogen-bond donors (Lipinski definition) is 1. The molecule has 2 heterocycles. The predicted octanol–water partition coefficient (Wildman–Crippen LogP) is 3.48. The van der Waals surface area contributed by atoms with Gasteiger partial charge in [0.05, 0.1) is 12.9 Å². The molecule has 0 aliphatic carbocycles. The molecule has 0 spiro atoms. The van der Waals surface area contributed by atoms with Crippen molar-refractivity contribution < 1.29 is 9.53 Å². The third kappa shape index (κ3) is 4.55. The third-order valence-electron chi connectivity index (χ3n) is 4.42. The molecule has 152 valence electrons. The molecule has 1 N–H and O–H groups in total. The summed E-state index contributed by atoms with van der Waals surface area (Å²) in [6, 6.07) is 21.3. The van der Waals surface area contributed by atoms with Gasteiger partial charge in [-0.2, -0.15) is 0 Å². The summed E-state index contributed by atoms with van der Waals surface area (Å²) < 4.78 is 9.10. The first kappa shape index (κ1) is 19.8. The number of rotatable bonds is 8. The molecule has 2 aromatic carbocycles. The van der Waals surface area contributed by atoms with Crippen molar-refractivity contribution in [3.8, 4) is 17.1 Å². The van der Waals surface area contributed by atoms with E-state index in [2.05, 4.69) is 15.5 Å². The van der Waals surface area contributed by atoms with Crippen LogP contribution in [0.4, 0.5) is 0 Å². The largest absolute Gasteiger partial charge is 0.497 e. The SMILES string of the molecule is COc1cccc(-c2nnc(SCC(=O)NCc3ccccc3)n2-n2cccc2)c1. The molecular weight excluding hydrogens is 398 g/mol. The quantitative estimate of drug-likeness (QED) is 0.443. The molecule has 0 unspecified atom stereocenters. The van der Waals surface area contributed by atoms with Crippen LogP contribution >= 0.6 is 11.8 Å². The first-order valence-corrected chi connectivity index (χ1v) is 10.4. The van der Waals surface area contributed by atoms with Gasteiger partial charge >= 0.3 is 0 Å². The fraction of sp³-hybridized carbons (Fsp3) is 0.136. The Morgan fingerprint density at radius 2 is 1.83 bits per heavy atom. The summed E-state index contributed by atoms with van der Waals surface area (Å²) in [4.78, 5) is 12.3. The summed E-state index contributed by atoms with van der Waals surface area (Å²) >= 11 is 1.34. The molecule has 4 rings (SSSR count). The number of methoxy groups -OCH3 is 1. The molecule has 0 radical (unpaired) electrons. The lowest BCUT2D eigenvalue weighted by molar-refractivity contribution is -0.118. The number of carbonyl (C=O) groups excluding carboxylic acids is 1. The van der Waals surface area contributed by atoms with Crippen molar-refractivity contribution in [3.05, 3.63) is 84.7 Å². The van der Waals surface area contributed by atoms with Gasteiger partial charge in [0.2, 0.25) is 11.1 Å². The van der Waals surface area contributed by atoms with E-state index in [9.17, 15) is 4.79 Å². The average molecular weight is 420 g/mol. The van der Waals surface area contributed by atoms with Gasteiger partial charge in [0, 0.05) is 24.5 Å². The Labute approximate surface area is 178 Å². The Bertz CT molecular complexity index is 1110. The van der Waals surface area contributed by atoms with Crippen LogP contribution in [0.1, 0.15) is 5.56 Å². The van der Waals surface area contributed by atoms with Crippen LogP contribution in [0.15, 0.2) is 84.3 Å². The van der Waals surface area contributed by atoms with Gasteiger partial charge in [-0.15, -0.1) is 10.2 Å². The van der Waals surface area contributed by atoms with Gasteiger partial charge < -0.3 is 10.1 Å². The minimum atomic E-state index is -0.0613. The molecule has 4 aromatic rings. The van der Waals surface area contributed by atoms with Crippen molar-refractivity contribution in [2.75, 3.05) is 12.9 Å². The maximum absolute atomic E-state index is 12.3. The van der Waals surface area contributed by atoms with Crippen LogP contribution in [0.5, 0.6) is 5.75 Å². The summed E-state index contributed by atoms with van der Waals surface area (Å²) in [6.45, 7) is 0.500. The van der Waals surface area contributed by atoms with Crippen molar-refractivity contribution >= 4 is 17.7 Å². The monoisotopic (exact) mass is 419 g/mol. The number of aromatic nitrogens is 4. The lowest BCUT2D eigenvalue weighted by atomic mass is 10.2. The number of thioether (sulfide) groups is 1. The molecule has 0 aliphatic heterocycles. The molecule has 0 fully saturated rings. The molecule has 8 heteroatoms. The number of carbonyl (C=O) groups is 1. The number of benzene rings is 2. The maximum Gasteiger partial charge on any atom is 0.230 e. The minimum Gasteiger partial charge on any atom is -0.497 e. The zero-order chi connectivity index (χ0) is 20.8. The van der Waals surface area contributed by atoms with Gasteiger partial charge in [-0.1, -0.05) is 54.2 Å². The van der Waals surface area contributed by atoms with Gasteiger partial charge in [0.1, 0.15) is 5.75 Å². The van der Waals surface area contributed by atoms with E-state index in [1.165, 1.54) is 11.8 Å². The molecule has 0 saturated heterocycles. The van der Waals surface area contributed by atoms with Gasteiger partial charge in [0.15, 0.2) is 5.82 Å². The molecule has 0 bridgehead atoms. The first-order valence-electron chi connectivity index (χ1n) is 9.41. The summed E-state index contributed by atoms with van der Waals surface area (Å²) in [7, 11) is 1.63. The number of nitrogens with zero attached hydrogens (tertiary/aromatic N) is 4. The molecule has 0 aliphatic rings. The molecule has 2 aromatic heterocycles. The Balaban J connectivity index is 1.52. The predicted molar refractivity (Wildman–Crippen MR) is 116 cm³/mol. The molecular formula is C22H21N5O2S. The normalized spacial score (nSPS) is 10.7. The Morgan fingerprint density at radius 3 is 2.60 bits per heavy atom. The van der Waals surface area contributed by atoms with Crippen LogP contribution in [0.3, 0.4) is 0 Å². The summed E-state index contributed by atoms with van der Waals surface area (Å²) in [5.41, 5.74) is 1.93.